The molecule has 0 fully saturated rings. The largest absolute Gasteiger partial charge is 0.492 e. The van der Waals surface area contributed by atoms with Crippen molar-refractivity contribution in [3.05, 3.63) is 84.2 Å². The normalized spacial score (nSPS) is 11.4. The van der Waals surface area contributed by atoms with Gasteiger partial charge >= 0.3 is 12.2 Å². The van der Waals surface area contributed by atoms with Gasteiger partial charge in [0.05, 0.1) is 24.1 Å². The molecule has 58 heavy (non-hydrogen) atoms. The molecule has 0 saturated heterocycles. The van der Waals surface area contributed by atoms with E-state index in [1.54, 1.807) is 77.9 Å². The Morgan fingerprint density at radius 2 is 1.02 bits per heavy atom. The maximum absolute atomic E-state index is 13.7. The Hall–Kier alpha value is -6.75. The van der Waals surface area contributed by atoms with Gasteiger partial charge in [0.15, 0.2) is 0 Å². The number of nitrogens with two attached hydrogens (primary N) is 1. The first-order valence-corrected chi connectivity index (χ1v) is 18.5. The lowest BCUT2D eigenvalue weighted by Crippen LogP contribution is -2.34. The Morgan fingerprint density at radius 3 is 1.43 bits per heavy atom. The van der Waals surface area contributed by atoms with Gasteiger partial charge in [-0.25, -0.2) is 24.5 Å². The second-order valence-corrected chi connectivity index (χ2v) is 14.7. The van der Waals surface area contributed by atoms with Crippen molar-refractivity contribution in [2.24, 2.45) is 5.73 Å². The van der Waals surface area contributed by atoms with E-state index in [-0.39, 0.29) is 68.2 Å². The molecule has 0 radical (unpaired) electrons. The summed E-state index contributed by atoms with van der Waals surface area (Å²) < 4.78 is 28.2. The molecule has 0 bridgehead atoms. The zero-order chi connectivity index (χ0) is 41.9. The predicted octanol–water partition coefficient (Wildman–Crippen LogP) is 5.83. The molecule has 5 aromatic rings. The maximum Gasteiger partial charge on any atom is 0.407 e. The zero-order valence-electron chi connectivity index (χ0n) is 33.3. The van der Waals surface area contributed by atoms with Crippen molar-refractivity contribution < 1.29 is 42.9 Å². The van der Waals surface area contributed by atoms with Crippen LogP contribution in [-0.4, -0.2) is 89.6 Å². The van der Waals surface area contributed by atoms with E-state index in [2.05, 4.69) is 36.2 Å². The van der Waals surface area contributed by atoms with Crippen molar-refractivity contribution in [1.82, 2.24) is 25.6 Å². The van der Waals surface area contributed by atoms with Crippen LogP contribution in [0.1, 0.15) is 62.5 Å². The summed E-state index contributed by atoms with van der Waals surface area (Å²) in [5, 5.41) is 12.1. The average molecular weight is 797 g/mol. The van der Waals surface area contributed by atoms with Gasteiger partial charge in [-0.15, -0.1) is 0 Å². The summed E-state index contributed by atoms with van der Waals surface area (Å²) in [5.74, 6) is -0.0880. The van der Waals surface area contributed by atoms with Crippen LogP contribution in [-0.2, 0) is 9.47 Å². The van der Waals surface area contributed by atoms with E-state index in [1.165, 1.54) is 12.1 Å². The highest BCUT2D eigenvalue weighted by Crippen LogP contribution is 2.29. The Bertz CT molecular complexity index is 2120. The quantitative estimate of drug-likeness (QED) is 0.0788. The smallest absolute Gasteiger partial charge is 0.407 e. The molecule has 17 nitrogen and oxygen atoms in total. The van der Waals surface area contributed by atoms with Crippen LogP contribution in [0, 0.1) is 0 Å². The van der Waals surface area contributed by atoms with Gasteiger partial charge in [-0.3, -0.25) is 9.59 Å². The second kappa shape index (κ2) is 18.9. The fourth-order valence-electron chi connectivity index (χ4n) is 5.27. The van der Waals surface area contributed by atoms with Crippen molar-refractivity contribution in [3.8, 4) is 17.2 Å². The summed E-state index contributed by atoms with van der Waals surface area (Å²) in [7, 11) is 0. The van der Waals surface area contributed by atoms with Crippen LogP contribution in [0.3, 0.4) is 0 Å². The Morgan fingerprint density at radius 1 is 0.586 bits per heavy atom. The Kier molecular flexibility index (Phi) is 13.8. The van der Waals surface area contributed by atoms with Crippen molar-refractivity contribution in [2.75, 3.05) is 50.1 Å². The number of hydrogen-bond acceptors (Lipinski definition) is 13. The number of hydrogen-bond donors (Lipinski definition) is 5. The van der Waals surface area contributed by atoms with Gasteiger partial charge in [0.25, 0.3) is 11.8 Å². The molecule has 4 amide bonds. The molecule has 0 spiro atoms. The summed E-state index contributed by atoms with van der Waals surface area (Å²) in [6.07, 6.45) is -1.15. The minimum absolute atomic E-state index is 0.103. The summed E-state index contributed by atoms with van der Waals surface area (Å²) >= 11 is 0. The molecule has 3 heterocycles. The molecule has 6 N–H and O–H groups in total. The number of anilines is 2. The van der Waals surface area contributed by atoms with Crippen molar-refractivity contribution in [2.45, 2.75) is 52.7 Å². The molecular weight excluding hydrogens is 748 g/mol. The van der Waals surface area contributed by atoms with Crippen LogP contribution in [0.25, 0.3) is 21.8 Å². The fourth-order valence-corrected chi connectivity index (χ4v) is 5.27. The average Bonchev–Trinajstić information content (AvgIpc) is 3.15. The molecule has 0 unspecified atom stereocenters. The lowest BCUT2D eigenvalue weighted by atomic mass is 10.2. The number of para-hydroxylation sites is 2. The Balaban J connectivity index is 1.32. The number of benzene rings is 2. The predicted molar refractivity (Wildman–Crippen MR) is 218 cm³/mol. The monoisotopic (exact) mass is 796 g/mol. The van der Waals surface area contributed by atoms with Crippen LogP contribution in [0.4, 0.5) is 21.2 Å². The summed E-state index contributed by atoms with van der Waals surface area (Å²) in [6, 6.07) is 20.3. The van der Waals surface area contributed by atoms with Gasteiger partial charge in [0.1, 0.15) is 71.3 Å². The molecular formula is C41H48N8O9. The maximum atomic E-state index is 13.7. The molecule has 2 aromatic carbocycles. The molecule has 5 rings (SSSR count). The number of fused-ring (bicyclic) bond motifs is 2. The number of rotatable bonds is 15. The van der Waals surface area contributed by atoms with Gasteiger partial charge in [-0.1, -0.05) is 24.3 Å². The third-order valence-corrected chi connectivity index (χ3v) is 7.55. The highest BCUT2D eigenvalue weighted by Gasteiger charge is 2.20. The van der Waals surface area contributed by atoms with Crippen molar-refractivity contribution >= 4 is 57.4 Å². The van der Waals surface area contributed by atoms with Crippen LogP contribution >= 0.6 is 0 Å². The molecule has 3 aromatic heterocycles. The molecule has 0 aliphatic rings. The molecule has 0 saturated carbocycles. The lowest BCUT2D eigenvalue weighted by molar-refractivity contribution is 0.0509. The number of carbonyl (C=O) groups excluding carboxylic acids is 4. The first kappa shape index (κ1) is 42.4. The van der Waals surface area contributed by atoms with Gasteiger partial charge in [0, 0.05) is 41.6 Å². The van der Waals surface area contributed by atoms with E-state index in [9.17, 15) is 19.2 Å². The zero-order valence-corrected chi connectivity index (χ0v) is 33.3. The first-order chi connectivity index (χ1) is 27.6. The fraction of sp³-hybridized carbons (Fsp3) is 0.341. The van der Waals surface area contributed by atoms with Crippen LogP contribution < -0.4 is 41.2 Å². The van der Waals surface area contributed by atoms with Crippen molar-refractivity contribution in [3.63, 3.8) is 0 Å². The summed E-state index contributed by atoms with van der Waals surface area (Å²) in [4.78, 5) is 65.0. The number of alkyl carbamates (subject to hydrolysis) is 2. The minimum atomic E-state index is -0.688. The highest BCUT2D eigenvalue weighted by atomic mass is 16.6. The summed E-state index contributed by atoms with van der Waals surface area (Å²) in [5.41, 5.74) is 5.16. The van der Waals surface area contributed by atoms with E-state index in [0.717, 1.165) is 0 Å². The third-order valence-electron chi connectivity index (χ3n) is 7.55. The number of ether oxygens (including phenoxy) is 5. The number of aromatic nitrogens is 3. The van der Waals surface area contributed by atoms with E-state index in [1.807, 2.05) is 24.3 Å². The van der Waals surface area contributed by atoms with E-state index in [0.29, 0.717) is 33.3 Å². The number of nitrogens with one attached hydrogen (secondary N) is 4. The summed E-state index contributed by atoms with van der Waals surface area (Å²) in [6.45, 7) is 11.4. The Labute approximate surface area is 335 Å². The van der Waals surface area contributed by atoms with Crippen LogP contribution in [0.15, 0.2) is 72.8 Å². The molecule has 0 aliphatic heterocycles. The standard InChI is InChI=1S/C41H48N8O9/c1-40(2,3)57-38(52)43-16-19-55-32-23-34(46-28-13-9-7-11-26(28)32)48-36(50)30-21-25(54-18-15-42)22-31(45-30)37(51)49-35-24-33(27-12-8-10-14-29(27)47-35)56-20-17-44-39(53)58-41(4,5)6/h7-14,21-24H,15-20,42H2,1-6H3,(H,43,52)(H,44,53)(H,46,48,50)(H,47,49,51). The number of pyridine rings is 3. The lowest BCUT2D eigenvalue weighted by Gasteiger charge is -2.19. The topological polar surface area (TPSA) is 227 Å². The first-order valence-electron chi connectivity index (χ1n) is 18.5. The minimum Gasteiger partial charge on any atom is -0.492 e. The second-order valence-electron chi connectivity index (χ2n) is 14.7. The molecule has 306 valence electrons. The highest BCUT2D eigenvalue weighted by molar-refractivity contribution is 6.07. The number of nitrogens with zero attached hydrogens (tertiary/aromatic N) is 3. The number of amides is 4. The van der Waals surface area contributed by atoms with E-state index < -0.39 is 35.2 Å². The van der Waals surface area contributed by atoms with Crippen molar-refractivity contribution in [1.29, 1.82) is 0 Å². The number of carbonyl (C=O) groups is 4. The van der Waals surface area contributed by atoms with Crippen LogP contribution in [0.2, 0.25) is 0 Å². The van der Waals surface area contributed by atoms with Crippen LogP contribution in [0.5, 0.6) is 17.2 Å². The van der Waals surface area contributed by atoms with E-state index in [4.69, 9.17) is 29.4 Å². The SMILES string of the molecule is CC(C)(C)OC(=O)NCCOc1cc(NC(=O)c2cc(OCCN)cc(C(=O)Nc3cc(OCCNC(=O)OC(C)(C)C)c4ccccc4n3)n2)nc2ccccc12. The van der Waals surface area contributed by atoms with Gasteiger partial charge in [0.2, 0.25) is 0 Å². The van der Waals surface area contributed by atoms with Gasteiger partial charge in [-0.05, 0) is 65.8 Å². The van der Waals surface area contributed by atoms with E-state index >= 15 is 0 Å². The third kappa shape index (κ3) is 12.6. The molecule has 0 aliphatic carbocycles. The van der Waals surface area contributed by atoms with Gasteiger partial charge in [-0.2, -0.15) is 0 Å². The molecule has 0 atom stereocenters. The van der Waals surface area contributed by atoms with Gasteiger partial charge < -0.3 is 50.7 Å². The molecule has 17 heteroatoms.